The lowest BCUT2D eigenvalue weighted by molar-refractivity contribution is -0.137. The SMILES string of the molecule is CC1NC(NC(=O)C23CCC(C)(C(=O)C2)C3(C)C)SC1C. The summed E-state index contributed by atoms with van der Waals surface area (Å²) in [5.74, 6) is 0.330. The Morgan fingerprint density at radius 2 is 1.95 bits per heavy atom. The Morgan fingerprint density at radius 3 is 2.38 bits per heavy atom. The second kappa shape index (κ2) is 4.48. The van der Waals surface area contributed by atoms with E-state index in [4.69, 9.17) is 0 Å². The zero-order valence-electron chi connectivity index (χ0n) is 13.6. The van der Waals surface area contributed by atoms with Gasteiger partial charge in [-0.2, -0.15) is 0 Å². The molecule has 3 aliphatic rings. The normalized spacial score (nSPS) is 47.9. The van der Waals surface area contributed by atoms with Gasteiger partial charge in [-0.15, -0.1) is 11.8 Å². The molecule has 2 saturated carbocycles. The minimum Gasteiger partial charge on any atom is -0.331 e. The van der Waals surface area contributed by atoms with Crippen LogP contribution >= 0.6 is 11.8 Å². The number of fused-ring (bicyclic) bond motifs is 2. The molecule has 0 radical (unpaired) electrons. The van der Waals surface area contributed by atoms with E-state index in [0.717, 1.165) is 12.8 Å². The van der Waals surface area contributed by atoms with Gasteiger partial charge in [0.25, 0.3) is 0 Å². The second-order valence-corrected chi connectivity index (χ2v) is 9.28. The van der Waals surface area contributed by atoms with Crippen molar-refractivity contribution >= 4 is 23.5 Å². The van der Waals surface area contributed by atoms with E-state index in [-0.39, 0.29) is 28.0 Å². The fourth-order valence-electron chi connectivity index (χ4n) is 4.44. The van der Waals surface area contributed by atoms with Gasteiger partial charge in [-0.05, 0) is 25.2 Å². The van der Waals surface area contributed by atoms with E-state index in [1.54, 1.807) is 11.8 Å². The molecular formula is C16H26N2O2S. The van der Waals surface area contributed by atoms with E-state index in [9.17, 15) is 9.59 Å². The predicted molar refractivity (Wildman–Crippen MR) is 84.8 cm³/mol. The molecule has 0 aromatic carbocycles. The van der Waals surface area contributed by atoms with Crippen molar-refractivity contribution in [3.05, 3.63) is 0 Å². The molecule has 3 fully saturated rings. The van der Waals surface area contributed by atoms with Gasteiger partial charge in [0.2, 0.25) is 5.91 Å². The summed E-state index contributed by atoms with van der Waals surface area (Å²) in [6, 6.07) is 0.393. The maximum absolute atomic E-state index is 13.0. The van der Waals surface area contributed by atoms with Gasteiger partial charge in [-0.1, -0.05) is 27.7 Å². The van der Waals surface area contributed by atoms with Crippen LogP contribution in [0.5, 0.6) is 0 Å². The third-order valence-electron chi connectivity index (χ3n) is 6.87. The van der Waals surface area contributed by atoms with Gasteiger partial charge in [0.1, 0.15) is 11.3 Å². The molecule has 5 unspecified atom stereocenters. The van der Waals surface area contributed by atoms with E-state index in [0.29, 0.717) is 17.7 Å². The zero-order chi connectivity index (χ0) is 15.6. The zero-order valence-corrected chi connectivity index (χ0v) is 14.4. The van der Waals surface area contributed by atoms with Gasteiger partial charge < -0.3 is 5.32 Å². The van der Waals surface area contributed by atoms with Crippen molar-refractivity contribution in [2.45, 2.75) is 70.7 Å². The van der Waals surface area contributed by atoms with Crippen LogP contribution in [0, 0.1) is 16.2 Å². The molecule has 4 nitrogen and oxygen atoms in total. The van der Waals surface area contributed by atoms with Crippen LogP contribution in [0.2, 0.25) is 0 Å². The van der Waals surface area contributed by atoms with Crippen molar-refractivity contribution in [3.8, 4) is 0 Å². The molecular weight excluding hydrogens is 284 g/mol. The minimum atomic E-state index is -0.518. The molecule has 1 heterocycles. The fraction of sp³-hybridized carbons (Fsp3) is 0.875. The van der Waals surface area contributed by atoms with Crippen molar-refractivity contribution in [3.63, 3.8) is 0 Å². The van der Waals surface area contributed by atoms with Crippen molar-refractivity contribution in [1.82, 2.24) is 10.6 Å². The summed E-state index contributed by atoms with van der Waals surface area (Å²) in [4.78, 5) is 25.4. The number of carbonyl (C=O) groups excluding carboxylic acids is 2. The Hall–Kier alpha value is -0.550. The van der Waals surface area contributed by atoms with Gasteiger partial charge in [0.05, 0.1) is 5.41 Å². The van der Waals surface area contributed by atoms with Gasteiger partial charge in [-0.25, -0.2) is 0 Å². The highest BCUT2D eigenvalue weighted by Gasteiger charge is 2.72. The van der Waals surface area contributed by atoms with Gasteiger partial charge in [0.15, 0.2) is 0 Å². The number of nitrogens with one attached hydrogen (secondary N) is 2. The van der Waals surface area contributed by atoms with Gasteiger partial charge in [0, 0.05) is 23.1 Å². The number of hydrogen-bond donors (Lipinski definition) is 2. The molecule has 2 N–H and O–H groups in total. The molecule has 5 atom stereocenters. The standard InChI is InChI=1S/C16H26N2O2S/c1-9-10(2)21-13(17-9)18-12(20)16-7-6-15(5,11(19)8-16)14(16,3)4/h9-10,13,17H,6-8H2,1-5H3,(H,18,20). The summed E-state index contributed by atoms with van der Waals surface area (Å²) in [5.41, 5.74) is -1.14. The van der Waals surface area contributed by atoms with Crippen molar-refractivity contribution in [1.29, 1.82) is 0 Å². The van der Waals surface area contributed by atoms with Crippen LogP contribution in [0.1, 0.15) is 53.9 Å². The summed E-state index contributed by atoms with van der Waals surface area (Å²) >= 11 is 1.76. The topological polar surface area (TPSA) is 58.2 Å². The number of thioether (sulfide) groups is 1. The van der Waals surface area contributed by atoms with Crippen LogP contribution in [0.25, 0.3) is 0 Å². The molecule has 0 aromatic heterocycles. The van der Waals surface area contributed by atoms with E-state index in [1.165, 1.54) is 0 Å². The minimum absolute atomic E-state index is 0.0322. The van der Waals surface area contributed by atoms with E-state index in [2.05, 4.69) is 38.3 Å². The lowest BCUT2D eigenvalue weighted by Gasteiger charge is -2.39. The lowest BCUT2D eigenvalue weighted by atomic mass is 9.64. The third-order valence-corrected chi connectivity index (χ3v) is 8.23. The molecule has 2 aliphatic carbocycles. The molecule has 0 aromatic rings. The molecule has 2 bridgehead atoms. The average Bonchev–Trinajstić information content (AvgIpc) is 2.85. The molecule has 1 saturated heterocycles. The Morgan fingerprint density at radius 1 is 1.29 bits per heavy atom. The van der Waals surface area contributed by atoms with Gasteiger partial charge in [-0.3, -0.25) is 14.9 Å². The van der Waals surface area contributed by atoms with E-state index in [1.807, 2.05) is 6.92 Å². The molecule has 3 rings (SSSR count). The first-order valence-electron chi connectivity index (χ1n) is 7.90. The van der Waals surface area contributed by atoms with Crippen molar-refractivity contribution < 1.29 is 9.59 Å². The van der Waals surface area contributed by atoms with Crippen LogP contribution in [0.3, 0.4) is 0 Å². The van der Waals surface area contributed by atoms with E-state index < -0.39 is 5.41 Å². The molecule has 0 spiro atoms. The third kappa shape index (κ3) is 1.79. The van der Waals surface area contributed by atoms with Gasteiger partial charge >= 0.3 is 0 Å². The predicted octanol–water partition coefficient (Wildman–Crippen LogP) is 2.29. The summed E-state index contributed by atoms with van der Waals surface area (Å²) in [7, 11) is 0. The van der Waals surface area contributed by atoms with Crippen LogP contribution < -0.4 is 10.6 Å². The van der Waals surface area contributed by atoms with Crippen LogP contribution in [0.4, 0.5) is 0 Å². The summed E-state index contributed by atoms with van der Waals surface area (Å²) in [6.07, 6.45) is 2.08. The number of Topliss-reactive ketones (excluding diaryl/α,β-unsaturated/α-hetero) is 1. The Balaban J connectivity index is 1.81. The average molecular weight is 310 g/mol. The molecule has 118 valence electrons. The molecule has 1 amide bonds. The first-order chi connectivity index (χ1) is 9.64. The Bertz CT molecular complexity index is 497. The summed E-state index contributed by atoms with van der Waals surface area (Å²) < 4.78 is 0. The number of carbonyl (C=O) groups is 2. The first kappa shape index (κ1) is 15.3. The monoisotopic (exact) mass is 310 g/mol. The van der Waals surface area contributed by atoms with Crippen molar-refractivity contribution in [2.24, 2.45) is 16.2 Å². The molecule has 5 heteroatoms. The Labute approximate surface area is 131 Å². The highest BCUT2D eigenvalue weighted by Crippen LogP contribution is 2.70. The van der Waals surface area contributed by atoms with Crippen LogP contribution in [-0.4, -0.2) is 28.5 Å². The Kier molecular flexibility index (Phi) is 3.27. The first-order valence-corrected chi connectivity index (χ1v) is 8.84. The quantitative estimate of drug-likeness (QED) is 0.821. The highest BCUT2D eigenvalue weighted by molar-refractivity contribution is 8.00. The largest absolute Gasteiger partial charge is 0.331 e. The summed E-state index contributed by atoms with van der Waals surface area (Å²) in [6.45, 7) is 10.6. The number of hydrogen-bond acceptors (Lipinski definition) is 4. The highest BCUT2D eigenvalue weighted by atomic mass is 32.2. The fourth-order valence-corrected chi connectivity index (χ4v) is 5.65. The van der Waals surface area contributed by atoms with Crippen LogP contribution in [-0.2, 0) is 9.59 Å². The number of ketones is 1. The summed E-state index contributed by atoms with van der Waals surface area (Å²) in [5, 5.41) is 7.05. The second-order valence-electron chi connectivity index (χ2n) is 7.79. The van der Waals surface area contributed by atoms with Crippen LogP contribution in [0.15, 0.2) is 0 Å². The smallest absolute Gasteiger partial charge is 0.229 e. The molecule has 21 heavy (non-hydrogen) atoms. The molecule has 1 aliphatic heterocycles. The van der Waals surface area contributed by atoms with E-state index >= 15 is 0 Å². The maximum atomic E-state index is 13.0. The maximum Gasteiger partial charge on any atom is 0.229 e. The van der Waals surface area contributed by atoms with Crippen molar-refractivity contribution in [2.75, 3.05) is 0 Å². The number of amides is 1. The number of rotatable bonds is 2. The lowest BCUT2D eigenvalue weighted by Crippen LogP contribution is -2.51.